The van der Waals surface area contributed by atoms with Gasteiger partial charge in [-0.15, -0.1) is 0 Å². The van der Waals surface area contributed by atoms with Crippen LogP contribution in [-0.2, 0) is 19.4 Å². The summed E-state index contributed by atoms with van der Waals surface area (Å²) in [6.07, 6.45) is 2.12. The Balaban J connectivity index is 1.54. The molecule has 1 aliphatic rings. The zero-order valence-corrected chi connectivity index (χ0v) is 12.5. The Hall–Kier alpha value is -2.00. The third-order valence-electron chi connectivity index (χ3n) is 4.01. The summed E-state index contributed by atoms with van der Waals surface area (Å²) >= 11 is 0. The minimum atomic E-state index is 0.908. The first-order valence-electron chi connectivity index (χ1n) is 7.56. The average molecular weight is 282 g/mol. The smallest absolute Gasteiger partial charge is 0.122 e. The Labute approximate surface area is 126 Å². The lowest BCUT2D eigenvalue weighted by Crippen LogP contribution is -2.17. The van der Waals surface area contributed by atoms with E-state index in [1.54, 1.807) is 7.11 Å². The number of benzene rings is 2. The first kappa shape index (κ1) is 14.0. The molecule has 2 aromatic rings. The molecular formula is C18H22N2O. The van der Waals surface area contributed by atoms with Crippen LogP contribution in [-0.4, -0.2) is 20.2 Å². The molecule has 0 fully saturated rings. The molecule has 0 saturated heterocycles. The Morgan fingerprint density at radius 1 is 1.10 bits per heavy atom. The lowest BCUT2D eigenvalue weighted by atomic mass is 10.1. The van der Waals surface area contributed by atoms with Gasteiger partial charge in [0.2, 0.25) is 0 Å². The third kappa shape index (κ3) is 3.19. The summed E-state index contributed by atoms with van der Waals surface area (Å²) in [7, 11) is 1.73. The van der Waals surface area contributed by atoms with Crippen molar-refractivity contribution in [2.75, 3.05) is 25.5 Å². The number of hydrogen-bond donors (Lipinski definition) is 2. The maximum Gasteiger partial charge on any atom is 0.122 e. The van der Waals surface area contributed by atoms with Crippen molar-refractivity contribution in [3.63, 3.8) is 0 Å². The Kier molecular flexibility index (Phi) is 4.41. The lowest BCUT2D eigenvalue weighted by molar-refractivity contribution is 0.409. The number of rotatable bonds is 6. The predicted molar refractivity (Wildman–Crippen MR) is 87.0 cm³/mol. The highest BCUT2D eigenvalue weighted by Crippen LogP contribution is 2.26. The maximum atomic E-state index is 5.38. The normalized spacial score (nSPS) is 12.8. The van der Waals surface area contributed by atoms with Crippen LogP contribution in [0.2, 0.25) is 0 Å². The topological polar surface area (TPSA) is 33.3 Å². The summed E-state index contributed by atoms with van der Waals surface area (Å²) in [6, 6.07) is 14.8. The van der Waals surface area contributed by atoms with E-state index < -0.39 is 0 Å². The van der Waals surface area contributed by atoms with Gasteiger partial charge < -0.3 is 15.4 Å². The van der Waals surface area contributed by atoms with Crippen molar-refractivity contribution in [1.82, 2.24) is 5.32 Å². The van der Waals surface area contributed by atoms with Gasteiger partial charge in [0, 0.05) is 18.8 Å². The number of nitrogens with one attached hydrogen (secondary N) is 2. The molecule has 0 amide bonds. The van der Waals surface area contributed by atoms with E-state index in [1.807, 2.05) is 12.1 Å². The van der Waals surface area contributed by atoms with Crippen LogP contribution >= 0.6 is 0 Å². The first-order valence-corrected chi connectivity index (χ1v) is 7.56. The van der Waals surface area contributed by atoms with Crippen molar-refractivity contribution in [3.8, 4) is 5.75 Å². The molecule has 3 rings (SSSR count). The molecule has 0 bridgehead atoms. The molecule has 0 saturated carbocycles. The molecule has 0 aliphatic carbocycles. The molecule has 0 aromatic heterocycles. The zero-order chi connectivity index (χ0) is 14.5. The van der Waals surface area contributed by atoms with Crippen LogP contribution in [0.5, 0.6) is 5.75 Å². The van der Waals surface area contributed by atoms with Gasteiger partial charge in [-0.3, -0.25) is 0 Å². The molecule has 2 N–H and O–H groups in total. The van der Waals surface area contributed by atoms with Gasteiger partial charge >= 0.3 is 0 Å². The molecule has 1 heterocycles. The second-order valence-electron chi connectivity index (χ2n) is 5.37. The molecule has 0 radical (unpaired) electrons. The zero-order valence-electron chi connectivity index (χ0n) is 12.5. The van der Waals surface area contributed by atoms with E-state index in [1.165, 1.54) is 22.4 Å². The summed E-state index contributed by atoms with van der Waals surface area (Å²) < 4.78 is 5.38. The Bertz CT molecular complexity index is 610. The average Bonchev–Trinajstić information content (AvgIpc) is 3.01. The fourth-order valence-electron chi connectivity index (χ4n) is 2.91. The highest BCUT2D eigenvalue weighted by atomic mass is 16.5. The summed E-state index contributed by atoms with van der Waals surface area (Å²) in [5.74, 6) is 0.974. The molecule has 3 nitrogen and oxygen atoms in total. The van der Waals surface area contributed by atoms with E-state index in [9.17, 15) is 0 Å². The van der Waals surface area contributed by atoms with E-state index in [0.717, 1.165) is 38.2 Å². The van der Waals surface area contributed by atoms with Gasteiger partial charge in [-0.05, 0) is 42.1 Å². The van der Waals surface area contributed by atoms with Crippen LogP contribution in [0.3, 0.4) is 0 Å². The Morgan fingerprint density at radius 3 is 2.86 bits per heavy atom. The van der Waals surface area contributed by atoms with Gasteiger partial charge in [0.15, 0.2) is 0 Å². The minimum absolute atomic E-state index is 0.908. The molecule has 0 spiro atoms. The maximum absolute atomic E-state index is 5.38. The molecule has 0 unspecified atom stereocenters. The van der Waals surface area contributed by atoms with Crippen molar-refractivity contribution in [3.05, 3.63) is 59.2 Å². The van der Waals surface area contributed by atoms with E-state index in [4.69, 9.17) is 4.74 Å². The minimum Gasteiger partial charge on any atom is -0.496 e. The van der Waals surface area contributed by atoms with Crippen LogP contribution < -0.4 is 15.4 Å². The molecule has 110 valence electrons. The number of para-hydroxylation sites is 2. The van der Waals surface area contributed by atoms with Crippen molar-refractivity contribution >= 4 is 5.69 Å². The van der Waals surface area contributed by atoms with Gasteiger partial charge in [-0.2, -0.15) is 0 Å². The number of fused-ring (bicyclic) bond motifs is 1. The van der Waals surface area contributed by atoms with Gasteiger partial charge in [-0.1, -0.05) is 36.4 Å². The van der Waals surface area contributed by atoms with Crippen LogP contribution in [0.4, 0.5) is 5.69 Å². The van der Waals surface area contributed by atoms with Gasteiger partial charge in [-0.25, -0.2) is 0 Å². The van der Waals surface area contributed by atoms with Gasteiger partial charge in [0.25, 0.3) is 0 Å². The van der Waals surface area contributed by atoms with Crippen molar-refractivity contribution < 1.29 is 4.74 Å². The van der Waals surface area contributed by atoms with E-state index in [-0.39, 0.29) is 0 Å². The fraction of sp³-hybridized carbons (Fsp3) is 0.333. The fourth-order valence-corrected chi connectivity index (χ4v) is 2.91. The molecule has 0 atom stereocenters. The van der Waals surface area contributed by atoms with E-state index >= 15 is 0 Å². The van der Waals surface area contributed by atoms with Gasteiger partial charge in [0.05, 0.1) is 7.11 Å². The third-order valence-corrected chi connectivity index (χ3v) is 4.01. The number of anilines is 1. The van der Waals surface area contributed by atoms with Crippen LogP contribution in [0.25, 0.3) is 0 Å². The van der Waals surface area contributed by atoms with Crippen LogP contribution in [0, 0.1) is 0 Å². The summed E-state index contributed by atoms with van der Waals surface area (Å²) in [5.41, 5.74) is 5.40. The molecule has 2 aromatic carbocycles. The molecular weight excluding hydrogens is 260 g/mol. The summed E-state index contributed by atoms with van der Waals surface area (Å²) in [6.45, 7) is 2.92. The largest absolute Gasteiger partial charge is 0.496 e. The molecule has 21 heavy (non-hydrogen) atoms. The number of hydrogen-bond acceptors (Lipinski definition) is 3. The standard InChI is InChI=1S/C18H22N2O/c1-21-17-8-3-2-5-14(17)9-11-19-13-16-7-4-6-15-10-12-20-18(15)16/h2-8,19-20H,9-13H2,1H3. The van der Waals surface area contributed by atoms with Crippen LogP contribution in [0.1, 0.15) is 16.7 Å². The second kappa shape index (κ2) is 6.64. The Morgan fingerprint density at radius 2 is 1.95 bits per heavy atom. The van der Waals surface area contributed by atoms with Crippen LogP contribution in [0.15, 0.2) is 42.5 Å². The SMILES string of the molecule is COc1ccccc1CCNCc1cccc2c1NCC2. The highest BCUT2D eigenvalue weighted by Gasteiger charge is 2.12. The van der Waals surface area contributed by atoms with Crippen molar-refractivity contribution in [2.24, 2.45) is 0 Å². The highest BCUT2D eigenvalue weighted by molar-refractivity contribution is 5.61. The monoisotopic (exact) mass is 282 g/mol. The van der Waals surface area contributed by atoms with Crippen molar-refractivity contribution in [2.45, 2.75) is 19.4 Å². The quantitative estimate of drug-likeness (QED) is 0.799. The molecule has 1 aliphatic heterocycles. The number of ether oxygens (including phenoxy) is 1. The van der Waals surface area contributed by atoms with Gasteiger partial charge in [0.1, 0.15) is 5.75 Å². The van der Waals surface area contributed by atoms with E-state index in [0.29, 0.717) is 0 Å². The van der Waals surface area contributed by atoms with E-state index in [2.05, 4.69) is 41.0 Å². The predicted octanol–water partition coefficient (Wildman–Crippen LogP) is 3.00. The molecule has 3 heteroatoms. The second-order valence-corrected chi connectivity index (χ2v) is 5.37. The lowest BCUT2D eigenvalue weighted by Gasteiger charge is -2.11. The first-order chi connectivity index (χ1) is 10.4. The summed E-state index contributed by atoms with van der Waals surface area (Å²) in [5, 5.41) is 7.02. The summed E-state index contributed by atoms with van der Waals surface area (Å²) in [4.78, 5) is 0. The van der Waals surface area contributed by atoms with Crippen molar-refractivity contribution in [1.29, 1.82) is 0 Å². The number of methoxy groups -OCH3 is 1.